The maximum absolute atomic E-state index is 11.3. The molecule has 0 unspecified atom stereocenters. The lowest BCUT2D eigenvalue weighted by molar-refractivity contribution is 0.0988. The molecule has 0 aliphatic heterocycles. The predicted octanol–water partition coefficient (Wildman–Crippen LogP) is 1.63. The van der Waals surface area contributed by atoms with Gasteiger partial charge in [0.05, 0.1) is 0 Å². The quantitative estimate of drug-likeness (QED) is 0.501. The average Bonchev–Trinajstić information content (AvgIpc) is 2.05. The van der Waals surface area contributed by atoms with Crippen LogP contribution in [0.2, 0.25) is 0 Å². The monoisotopic (exact) mass is 162 g/mol. The molecule has 0 radical (unpaired) electrons. The minimum atomic E-state index is -0.00935. The van der Waals surface area contributed by atoms with Crippen molar-refractivity contribution in [1.82, 2.24) is 9.97 Å². The fourth-order valence-corrected chi connectivity index (χ4v) is 0.820. The molecule has 3 heteroatoms. The lowest BCUT2D eigenvalue weighted by Crippen LogP contribution is -2.01. The van der Waals surface area contributed by atoms with Crippen LogP contribution in [0.15, 0.2) is 30.7 Å². The summed E-state index contributed by atoms with van der Waals surface area (Å²) >= 11 is 0. The lowest BCUT2D eigenvalue weighted by Gasteiger charge is -1.97. The zero-order valence-corrected chi connectivity index (χ0v) is 6.95. The Labute approximate surface area is 71.2 Å². The molecule has 62 valence electrons. The van der Waals surface area contributed by atoms with E-state index in [0.717, 1.165) is 5.57 Å². The number of Topliss-reactive ketones (excluding diaryl/α,β-unsaturated/α-hetero) is 1. The molecule has 1 heterocycles. The van der Waals surface area contributed by atoms with Crippen molar-refractivity contribution in [2.45, 2.75) is 13.3 Å². The molecule has 3 nitrogen and oxygen atoms in total. The zero-order valence-electron chi connectivity index (χ0n) is 6.95. The summed E-state index contributed by atoms with van der Waals surface area (Å²) in [5, 5.41) is 0. The molecular weight excluding hydrogens is 152 g/mol. The topological polar surface area (TPSA) is 42.9 Å². The highest BCUT2D eigenvalue weighted by Gasteiger charge is 2.05. The van der Waals surface area contributed by atoms with Gasteiger partial charge in [0.1, 0.15) is 12.0 Å². The normalized spacial score (nSPS) is 9.42. The Morgan fingerprint density at radius 2 is 2.42 bits per heavy atom. The third-order valence-electron chi connectivity index (χ3n) is 1.33. The predicted molar refractivity (Wildman–Crippen MR) is 45.8 cm³/mol. The maximum atomic E-state index is 11.3. The van der Waals surface area contributed by atoms with Crippen LogP contribution in [-0.4, -0.2) is 15.8 Å². The largest absolute Gasteiger partial charge is 0.292 e. The van der Waals surface area contributed by atoms with Gasteiger partial charge in [-0.25, -0.2) is 9.97 Å². The summed E-state index contributed by atoms with van der Waals surface area (Å²) in [6, 6.07) is 1.60. The summed E-state index contributed by atoms with van der Waals surface area (Å²) in [4.78, 5) is 18.9. The highest BCUT2D eigenvalue weighted by atomic mass is 16.1. The van der Waals surface area contributed by atoms with E-state index in [1.165, 1.54) is 6.33 Å². The Morgan fingerprint density at radius 3 is 2.92 bits per heavy atom. The van der Waals surface area contributed by atoms with Crippen molar-refractivity contribution in [3.05, 3.63) is 36.4 Å². The summed E-state index contributed by atoms with van der Waals surface area (Å²) in [6.07, 6.45) is 3.28. The van der Waals surface area contributed by atoms with Gasteiger partial charge >= 0.3 is 0 Å². The van der Waals surface area contributed by atoms with Crippen LogP contribution < -0.4 is 0 Å². The second-order valence-electron chi connectivity index (χ2n) is 2.65. The number of hydrogen-bond acceptors (Lipinski definition) is 3. The molecule has 0 atom stereocenters. The lowest BCUT2D eigenvalue weighted by atomic mass is 10.1. The number of aromatic nitrogens is 2. The van der Waals surface area contributed by atoms with E-state index in [1.54, 1.807) is 12.3 Å². The van der Waals surface area contributed by atoms with Gasteiger partial charge in [0.2, 0.25) is 0 Å². The SMILES string of the molecule is C=C(C)CC(=O)c1ccncn1. The molecule has 0 saturated heterocycles. The number of carbonyl (C=O) groups excluding carboxylic acids is 1. The molecule has 0 N–H and O–H groups in total. The van der Waals surface area contributed by atoms with Crippen molar-refractivity contribution in [1.29, 1.82) is 0 Å². The number of ketones is 1. The van der Waals surface area contributed by atoms with Gasteiger partial charge in [-0.15, -0.1) is 0 Å². The third kappa shape index (κ3) is 2.27. The maximum Gasteiger partial charge on any atom is 0.185 e. The van der Waals surface area contributed by atoms with Crippen LogP contribution in [0.5, 0.6) is 0 Å². The summed E-state index contributed by atoms with van der Waals surface area (Å²) < 4.78 is 0. The van der Waals surface area contributed by atoms with Gasteiger partial charge in [0.15, 0.2) is 5.78 Å². The van der Waals surface area contributed by atoms with Gasteiger partial charge in [-0.3, -0.25) is 4.79 Å². The van der Waals surface area contributed by atoms with Crippen LogP contribution in [0.1, 0.15) is 23.8 Å². The molecule has 0 bridgehead atoms. The molecule has 1 rings (SSSR count). The van der Waals surface area contributed by atoms with Crippen LogP contribution >= 0.6 is 0 Å². The van der Waals surface area contributed by atoms with Gasteiger partial charge in [0.25, 0.3) is 0 Å². The van der Waals surface area contributed by atoms with E-state index in [9.17, 15) is 4.79 Å². The number of nitrogens with zero attached hydrogens (tertiary/aromatic N) is 2. The molecule has 1 aromatic heterocycles. The summed E-state index contributed by atoms with van der Waals surface area (Å²) in [6.45, 7) is 5.47. The van der Waals surface area contributed by atoms with E-state index in [-0.39, 0.29) is 5.78 Å². The molecule has 0 aromatic carbocycles. The smallest absolute Gasteiger partial charge is 0.185 e. The Morgan fingerprint density at radius 1 is 1.67 bits per heavy atom. The number of allylic oxidation sites excluding steroid dienone is 1. The number of hydrogen-bond donors (Lipinski definition) is 0. The summed E-state index contributed by atoms with van der Waals surface area (Å²) in [5.41, 5.74) is 1.30. The molecule has 0 aliphatic carbocycles. The Hall–Kier alpha value is -1.51. The van der Waals surface area contributed by atoms with Crippen LogP contribution in [0.3, 0.4) is 0 Å². The van der Waals surface area contributed by atoms with Crippen LogP contribution in [-0.2, 0) is 0 Å². The second kappa shape index (κ2) is 3.76. The van der Waals surface area contributed by atoms with Gasteiger partial charge < -0.3 is 0 Å². The number of rotatable bonds is 3. The average molecular weight is 162 g/mol. The van der Waals surface area contributed by atoms with Crippen molar-refractivity contribution in [2.24, 2.45) is 0 Å². The summed E-state index contributed by atoms with van der Waals surface area (Å²) in [5.74, 6) is -0.00935. The van der Waals surface area contributed by atoms with E-state index in [2.05, 4.69) is 16.5 Å². The molecule has 0 spiro atoms. The van der Waals surface area contributed by atoms with E-state index in [0.29, 0.717) is 12.1 Å². The first-order valence-electron chi connectivity index (χ1n) is 3.63. The molecule has 0 amide bonds. The Kier molecular flexibility index (Phi) is 2.69. The van der Waals surface area contributed by atoms with Crippen LogP contribution in [0.4, 0.5) is 0 Å². The van der Waals surface area contributed by atoms with Crippen molar-refractivity contribution in [3.63, 3.8) is 0 Å². The number of carbonyl (C=O) groups is 1. The van der Waals surface area contributed by atoms with Crippen molar-refractivity contribution in [2.75, 3.05) is 0 Å². The second-order valence-corrected chi connectivity index (χ2v) is 2.65. The van der Waals surface area contributed by atoms with E-state index < -0.39 is 0 Å². The molecule has 0 aliphatic rings. The van der Waals surface area contributed by atoms with Crippen molar-refractivity contribution < 1.29 is 4.79 Å². The van der Waals surface area contributed by atoms with Gasteiger partial charge in [-0.2, -0.15) is 0 Å². The van der Waals surface area contributed by atoms with Gasteiger partial charge in [0, 0.05) is 12.6 Å². The minimum Gasteiger partial charge on any atom is -0.292 e. The van der Waals surface area contributed by atoms with Gasteiger partial charge in [-0.1, -0.05) is 12.2 Å². The molecular formula is C9H10N2O. The van der Waals surface area contributed by atoms with Crippen LogP contribution in [0, 0.1) is 0 Å². The minimum absolute atomic E-state index is 0.00935. The third-order valence-corrected chi connectivity index (χ3v) is 1.33. The standard InChI is InChI=1S/C9H10N2O/c1-7(2)5-9(12)8-3-4-10-6-11-8/h3-4,6H,1,5H2,2H3. The molecule has 0 saturated carbocycles. The molecule has 1 aromatic rings. The first-order valence-corrected chi connectivity index (χ1v) is 3.63. The van der Waals surface area contributed by atoms with Crippen molar-refractivity contribution >= 4 is 5.78 Å². The van der Waals surface area contributed by atoms with E-state index >= 15 is 0 Å². The van der Waals surface area contributed by atoms with E-state index in [4.69, 9.17) is 0 Å². The Balaban J connectivity index is 2.73. The zero-order chi connectivity index (χ0) is 8.97. The van der Waals surface area contributed by atoms with Crippen LogP contribution in [0.25, 0.3) is 0 Å². The first-order chi connectivity index (χ1) is 5.70. The highest BCUT2D eigenvalue weighted by Crippen LogP contribution is 2.03. The summed E-state index contributed by atoms with van der Waals surface area (Å²) in [7, 11) is 0. The fraction of sp³-hybridized carbons (Fsp3) is 0.222. The highest BCUT2D eigenvalue weighted by molar-refractivity contribution is 5.95. The van der Waals surface area contributed by atoms with Gasteiger partial charge in [-0.05, 0) is 13.0 Å². The first kappa shape index (κ1) is 8.59. The molecule has 12 heavy (non-hydrogen) atoms. The Bertz CT molecular complexity index is 293. The van der Waals surface area contributed by atoms with E-state index in [1.807, 2.05) is 6.92 Å². The van der Waals surface area contributed by atoms with Crippen molar-refractivity contribution in [3.8, 4) is 0 Å². The fourth-order valence-electron chi connectivity index (χ4n) is 0.820. The molecule has 0 fully saturated rings.